The molecule has 8 heteroatoms. The summed E-state index contributed by atoms with van der Waals surface area (Å²) in [6.45, 7) is 9.13. The SMILES string of the molecule is C=COC(=O)N1C[C@@H]2C[C@H]3[C@@H]4CCC5=CC(=O)C=C[C@]5(C)[C@H]4[C@@H](O)C[C@]3(C)[C@]2(C(=O)COC(C)=O)C1. The Morgan fingerprint density at radius 3 is 2.75 bits per heavy atom. The number of ether oxygens (including phenoxy) is 2. The maximum Gasteiger partial charge on any atom is 0.414 e. The number of esters is 1. The average Bonchev–Trinajstić information content (AvgIpc) is 3.31. The molecule has 1 heterocycles. The van der Waals surface area contributed by atoms with Crippen LogP contribution < -0.4 is 0 Å². The van der Waals surface area contributed by atoms with E-state index in [-0.39, 0.29) is 48.4 Å². The van der Waals surface area contributed by atoms with Crippen molar-refractivity contribution in [3.8, 4) is 0 Å². The van der Waals surface area contributed by atoms with Gasteiger partial charge in [-0.05, 0) is 61.0 Å². The third kappa shape index (κ3) is 3.29. The number of aliphatic hydroxyl groups is 1. The van der Waals surface area contributed by atoms with Gasteiger partial charge in [-0.25, -0.2) is 4.79 Å². The molecule has 0 aromatic heterocycles. The second-order valence-corrected chi connectivity index (χ2v) is 11.8. The van der Waals surface area contributed by atoms with Crippen LogP contribution in [0.15, 0.2) is 36.6 Å². The lowest BCUT2D eigenvalue weighted by Gasteiger charge is -2.60. The molecule has 0 aromatic carbocycles. The van der Waals surface area contributed by atoms with Gasteiger partial charge in [0, 0.05) is 31.3 Å². The lowest BCUT2D eigenvalue weighted by molar-refractivity contribution is -0.164. The first-order chi connectivity index (χ1) is 17.0. The molecule has 0 radical (unpaired) electrons. The van der Waals surface area contributed by atoms with E-state index >= 15 is 0 Å². The quantitative estimate of drug-likeness (QED) is 0.469. The van der Waals surface area contributed by atoms with Gasteiger partial charge in [-0.3, -0.25) is 14.4 Å². The molecule has 1 aliphatic heterocycles. The molecule has 0 spiro atoms. The van der Waals surface area contributed by atoms with Crippen molar-refractivity contribution in [1.82, 2.24) is 4.90 Å². The number of nitrogens with zero attached hydrogens (tertiary/aromatic N) is 1. The number of carbonyl (C=O) groups excluding carboxylic acids is 4. The lowest BCUT2D eigenvalue weighted by Crippen LogP contribution is -2.60. The lowest BCUT2D eigenvalue weighted by atomic mass is 9.44. The minimum absolute atomic E-state index is 0.00650. The first-order valence-electron chi connectivity index (χ1n) is 12.8. The van der Waals surface area contributed by atoms with Crippen LogP contribution in [0.25, 0.3) is 0 Å². The number of allylic oxidation sites excluding steroid dienone is 4. The van der Waals surface area contributed by atoms with Gasteiger partial charge < -0.3 is 19.5 Å². The van der Waals surface area contributed by atoms with E-state index in [2.05, 4.69) is 20.4 Å². The molecule has 5 rings (SSSR count). The maximum atomic E-state index is 13.9. The van der Waals surface area contributed by atoms with Crippen LogP contribution >= 0.6 is 0 Å². The van der Waals surface area contributed by atoms with Crippen molar-refractivity contribution in [2.45, 2.75) is 52.6 Å². The second kappa shape index (κ2) is 8.40. The van der Waals surface area contributed by atoms with Gasteiger partial charge in [0.05, 0.1) is 17.8 Å². The van der Waals surface area contributed by atoms with Crippen molar-refractivity contribution in [1.29, 1.82) is 0 Å². The predicted molar refractivity (Wildman–Crippen MR) is 129 cm³/mol. The Morgan fingerprint density at radius 1 is 1.31 bits per heavy atom. The van der Waals surface area contributed by atoms with Crippen LogP contribution in [0.4, 0.5) is 4.79 Å². The number of Topliss-reactive ketones (excluding diaryl/α,β-unsaturated/α-hetero) is 1. The molecule has 4 fully saturated rings. The van der Waals surface area contributed by atoms with Gasteiger partial charge in [0.15, 0.2) is 18.2 Å². The number of fused-ring (bicyclic) bond motifs is 7. The second-order valence-electron chi connectivity index (χ2n) is 11.8. The Kier molecular flexibility index (Phi) is 5.82. The van der Waals surface area contributed by atoms with E-state index in [0.29, 0.717) is 13.0 Å². The molecule has 8 atom stereocenters. The number of amides is 1. The third-order valence-corrected chi connectivity index (χ3v) is 10.4. The van der Waals surface area contributed by atoms with E-state index in [1.807, 2.05) is 6.08 Å². The molecule has 0 aromatic rings. The molecule has 8 nitrogen and oxygen atoms in total. The number of likely N-dealkylation sites (tertiary alicyclic amines) is 1. The topological polar surface area (TPSA) is 110 Å². The molecule has 5 aliphatic rings. The van der Waals surface area contributed by atoms with Gasteiger partial charge in [0.25, 0.3) is 0 Å². The van der Waals surface area contributed by atoms with Gasteiger partial charge in [0.1, 0.15) is 0 Å². The number of hydrogen-bond acceptors (Lipinski definition) is 7. The van der Waals surface area contributed by atoms with Gasteiger partial charge in [-0.2, -0.15) is 0 Å². The zero-order valence-corrected chi connectivity index (χ0v) is 21.2. The largest absolute Gasteiger partial charge is 0.458 e. The van der Waals surface area contributed by atoms with Crippen LogP contribution in [0, 0.1) is 39.9 Å². The average molecular weight is 498 g/mol. The molecule has 3 saturated carbocycles. The van der Waals surface area contributed by atoms with E-state index in [0.717, 1.165) is 31.1 Å². The smallest absolute Gasteiger partial charge is 0.414 e. The van der Waals surface area contributed by atoms with Crippen molar-refractivity contribution in [2.75, 3.05) is 19.7 Å². The highest BCUT2D eigenvalue weighted by Gasteiger charge is 2.74. The van der Waals surface area contributed by atoms with Gasteiger partial charge in [0.2, 0.25) is 0 Å². The molecular weight excluding hydrogens is 462 g/mol. The van der Waals surface area contributed by atoms with Gasteiger partial charge in [-0.15, -0.1) is 0 Å². The molecule has 4 aliphatic carbocycles. The summed E-state index contributed by atoms with van der Waals surface area (Å²) in [5, 5.41) is 11.7. The standard InChI is InChI=1S/C28H35NO7/c1-5-35-25(34)29-13-18-11-21-20-7-6-17-10-19(31)8-9-26(17,3)24(20)22(32)12-27(21,4)28(18,15-29)23(33)14-36-16(2)30/h5,8-10,18,20-22,24,32H,1,6-7,11-15H2,2-4H3/t18-,20-,21-,22-,24+,26-,27-,28+/m0/s1. The number of aliphatic hydroxyl groups excluding tert-OH is 1. The number of rotatable bonds is 4. The van der Waals surface area contributed by atoms with Crippen molar-refractivity contribution in [3.63, 3.8) is 0 Å². The molecule has 36 heavy (non-hydrogen) atoms. The zero-order chi connectivity index (χ0) is 26.0. The Hall–Kier alpha value is -2.74. The molecule has 1 saturated heterocycles. The Morgan fingerprint density at radius 2 is 2.06 bits per heavy atom. The van der Waals surface area contributed by atoms with Crippen LogP contribution in [0.3, 0.4) is 0 Å². The molecule has 0 unspecified atom stereocenters. The van der Waals surface area contributed by atoms with E-state index in [4.69, 9.17) is 9.47 Å². The van der Waals surface area contributed by atoms with Gasteiger partial charge in [-0.1, -0.05) is 32.1 Å². The summed E-state index contributed by atoms with van der Waals surface area (Å²) in [5.74, 6) is -0.603. The van der Waals surface area contributed by atoms with Crippen molar-refractivity contribution in [2.24, 2.45) is 39.9 Å². The van der Waals surface area contributed by atoms with Crippen molar-refractivity contribution >= 4 is 23.6 Å². The highest BCUT2D eigenvalue weighted by Crippen LogP contribution is 2.72. The van der Waals surface area contributed by atoms with Crippen LogP contribution in [-0.2, 0) is 23.9 Å². The summed E-state index contributed by atoms with van der Waals surface area (Å²) in [5.41, 5.74) is -0.862. The van der Waals surface area contributed by atoms with Gasteiger partial charge >= 0.3 is 12.1 Å². The normalized spacial score (nSPS) is 42.4. The number of ketones is 2. The highest BCUT2D eigenvalue weighted by atomic mass is 16.5. The fraction of sp³-hybridized carbons (Fsp3) is 0.643. The van der Waals surface area contributed by atoms with E-state index in [1.165, 1.54) is 6.92 Å². The Labute approximate surface area is 211 Å². The van der Waals surface area contributed by atoms with Crippen molar-refractivity contribution in [3.05, 3.63) is 36.6 Å². The van der Waals surface area contributed by atoms with Crippen LogP contribution in [-0.4, -0.2) is 59.4 Å². The third-order valence-electron chi connectivity index (χ3n) is 10.4. The zero-order valence-electron chi connectivity index (χ0n) is 21.2. The monoisotopic (exact) mass is 497 g/mol. The molecule has 1 amide bonds. The minimum atomic E-state index is -0.950. The molecule has 0 bridgehead atoms. The summed E-state index contributed by atoms with van der Waals surface area (Å²) in [6.07, 6.45) is 7.92. The first-order valence-corrected chi connectivity index (χ1v) is 12.8. The Bertz CT molecular complexity index is 1090. The Balaban J connectivity index is 1.54. The highest BCUT2D eigenvalue weighted by molar-refractivity contribution is 6.01. The fourth-order valence-electron chi connectivity index (χ4n) is 8.98. The predicted octanol–water partition coefficient (Wildman–Crippen LogP) is 3.21. The van der Waals surface area contributed by atoms with Crippen LogP contribution in [0.2, 0.25) is 0 Å². The maximum absolute atomic E-state index is 13.9. The number of hydrogen-bond donors (Lipinski definition) is 1. The van der Waals surface area contributed by atoms with E-state index in [1.54, 1.807) is 17.1 Å². The van der Waals surface area contributed by atoms with Crippen molar-refractivity contribution < 1.29 is 33.8 Å². The minimum Gasteiger partial charge on any atom is -0.458 e. The van der Waals surface area contributed by atoms with Crippen LogP contribution in [0.1, 0.15) is 46.5 Å². The van der Waals surface area contributed by atoms with E-state index in [9.17, 15) is 24.3 Å². The molecular formula is C28H35NO7. The summed E-state index contributed by atoms with van der Waals surface area (Å²) in [6, 6.07) is 0. The first kappa shape index (κ1) is 24.9. The number of carbonyl (C=O) groups is 4. The summed E-state index contributed by atoms with van der Waals surface area (Å²) in [7, 11) is 0. The van der Waals surface area contributed by atoms with Crippen LogP contribution in [0.5, 0.6) is 0 Å². The summed E-state index contributed by atoms with van der Waals surface area (Å²) < 4.78 is 10.2. The summed E-state index contributed by atoms with van der Waals surface area (Å²) in [4.78, 5) is 51.7. The molecule has 1 N–H and O–H groups in total. The molecule has 194 valence electrons. The fourth-order valence-corrected chi connectivity index (χ4v) is 8.98. The summed E-state index contributed by atoms with van der Waals surface area (Å²) >= 11 is 0. The van der Waals surface area contributed by atoms with E-state index < -0.39 is 34.4 Å².